The van der Waals surface area contributed by atoms with Crippen LogP contribution in [0.2, 0.25) is 0 Å². The number of methoxy groups -OCH3 is 1. The summed E-state index contributed by atoms with van der Waals surface area (Å²) in [4.78, 5) is 7.19. The third kappa shape index (κ3) is 6.40. The van der Waals surface area contributed by atoms with Gasteiger partial charge in [-0.25, -0.2) is 0 Å². The van der Waals surface area contributed by atoms with Gasteiger partial charge in [0.25, 0.3) is 0 Å². The third-order valence-electron chi connectivity index (χ3n) is 4.44. The molecule has 0 amide bonds. The Hall–Kier alpha value is -1.75. The van der Waals surface area contributed by atoms with Gasteiger partial charge in [-0.3, -0.25) is 4.99 Å². The van der Waals surface area contributed by atoms with E-state index in [2.05, 4.69) is 41.6 Å². The summed E-state index contributed by atoms with van der Waals surface area (Å²) in [6.45, 7) is 7.16. The largest absolute Gasteiger partial charge is 0.497 e. The van der Waals surface area contributed by atoms with Crippen LogP contribution in [-0.2, 0) is 6.42 Å². The molecule has 2 N–H and O–H groups in total. The third-order valence-corrected chi connectivity index (χ3v) is 4.44. The predicted octanol–water partition coefficient (Wildman–Crippen LogP) is 2.13. The van der Waals surface area contributed by atoms with Crippen LogP contribution >= 0.6 is 0 Å². The van der Waals surface area contributed by atoms with Gasteiger partial charge in [-0.05, 0) is 63.4 Å². The van der Waals surface area contributed by atoms with E-state index in [1.54, 1.807) is 7.11 Å². The number of likely N-dealkylation sites (tertiary alicyclic amines) is 1. The average Bonchev–Trinajstić information content (AvgIpc) is 2.60. The molecule has 0 spiro atoms. The van der Waals surface area contributed by atoms with Crippen molar-refractivity contribution in [2.75, 3.05) is 46.9 Å². The van der Waals surface area contributed by atoms with Crippen LogP contribution in [0.3, 0.4) is 0 Å². The Kier molecular flexibility index (Phi) is 7.89. The number of benzene rings is 1. The Balaban J connectivity index is 1.77. The van der Waals surface area contributed by atoms with Crippen molar-refractivity contribution in [1.29, 1.82) is 0 Å². The molecule has 1 aliphatic heterocycles. The van der Waals surface area contributed by atoms with Crippen LogP contribution in [-0.4, -0.2) is 57.7 Å². The van der Waals surface area contributed by atoms with Crippen molar-refractivity contribution in [3.05, 3.63) is 29.8 Å². The number of nitrogens with zero attached hydrogens (tertiary/aromatic N) is 2. The number of guanidine groups is 1. The number of ether oxygens (including phenoxy) is 1. The Morgan fingerprint density at radius 3 is 2.75 bits per heavy atom. The van der Waals surface area contributed by atoms with Gasteiger partial charge in [0.2, 0.25) is 0 Å². The van der Waals surface area contributed by atoms with Crippen molar-refractivity contribution in [2.45, 2.75) is 26.2 Å². The maximum Gasteiger partial charge on any atom is 0.191 e. The number of hydrogen-bond donors (Lipinski definition) is 2. The predicted molar refractivity (Wildman–Crippen MR) is 101 cm³/mol. The number of nitrogens with one attached hydrogen (secondary N) is 2. The first-order valence-electron chi connectivity index (χ1n) is 9.05. The quantitative estimate of drug-likeness (QED) is 0.593. The zero-order valence-electron chi connectivity index (χ0n) is 15.3. The average molecular weight is 332 g/mol. The van der Waals surface area contributed by atoms with Crippen molar-refractivity contribution >= 4 is 5.96 Å². The Morgan fingerprint density at radius 2 is 2.08 bits per heavy atom. The molecule has 0 radical (unpaired) electrons. The highest BCUT2D eigenvalue weighted by Crippen LogP contribution is 2.15. The van der Waals surface area contributed by atoms with Crippen LogP contribution in [0.15, 0.2) is 29.3 Å². The summed E-state index contributed by atoms with van der Waals surface area (Å²) >= 11 is 0. The van der Waals surface area contributed by atoms with Crippen LogP contribution in [0.25, 0.3) is 0 Å². The SMILES string of the molecule is CCNC(=NCC1CCCN(C)C1)NCCc1ccc(OC)cc1. The van der Waals surface area contributed by atoms with Gasteiger partial charge in [0.05, 0.1) is 7.11 Å². The molecule has 1 aliphatic rings. The van der Waals surface area contributed by atoms with Crippen molar-refractivity contribution < 1.29 is 4.74 Å². The lowest BCUT2D eigenvalue weighted by atomic mass is 9.99. The summed E-state index contributed by atoms with van der Waals surface area (Å²) in [7, 11) is 3.90. The van der Waals surface area contributed by atoms with Gasteiger partial charge in [0.1, 0.15) is 5.75 Å². The summed E-state index contributed by atoms with van der Waals surface area (Å²) in [6.07, 6.45) is 3.55. The topological polar surface area (TPSA) is 48.9 Å². The fourth-order valence-electron chi connectivity index (χ4n) is 3.10. The molecule has 1 atom stereocenters. The van der Waals surface area contributed by atoms with Crippen molar-refractivity contribution in [3.8, 4) is 5.75 Å². The van der Waals surface area contributed by atoms with Gasteiger partial charge in [0.15, 0.2) is 5.96 Å². The number of piperidine rings is 1. The van der Waals surface area contributed by atoms with E-state index in [0.29, 0.717) is 5.92 Å². The van der Waals surface area contributed by atoms with E-state index in [1.165, 1.54) is 24.9 Å². The molecule has 5 nitrogen and oxygen atoms in total. The standard InChI is InChI=1S/C19H32N4O/c1-4-20-19(22-14-17-6-5-13-23(2)15-17)21-12-11-16-7-9-18(24-3)10-8-16/h7-10,17H,4-6,11-15H2,1-3H3,(H2,20,21,22). The molecule has 24 heavy (non-hydrogen) atoms. The Morgan fingerprint density at radius 1 is 1.29 bits per heavy atom. The van der Waals surface area contributed by atoms with Crippen LogP contribution in [0, 0.1) is 5.92 Å². The second-order valence-corrected chi connectivity index (χ2v) is 6.51. The lowest BCUT2D eigenvalue weighted by Crippen LogP contribution is -2.39. The first-order valence-corrected chi connectivity index (χ1v) is 9.05. The molecule has 1 aromatic rings. The molecule has 134 valence electrons. The summed E-state index contributed by atoms with van der Waals surface area (Å²) in [5, 5.41) is 6.79. The van der Waals surface area contributed by atoms with Crippen LogP contribution < -0.4 is 15.4 Å². The summed E-state index contributed by atoms with van der Waals surface area (Å²) in [5.74, 6) is 2.51. The molecule has 1 aromatic carbocycles. The van der Waals surface area contributed by atoms with Crippen LogP contribution in [0.5, 0.6) is 5.75 Å². The lowest BCUT2D eigenvalue weighted by Gasteiger charge is -2.28. The number of aliphatic imine (C=N–C) groups is 1. The molecule has 0 aromatic heterocycles. The van der Waals surface area contributed by atoms with Gasteiger partial charge in [0, 0.05) is 26.2 Å². The minimum absolute atomic E-state index is 0.681. The normalized spacial score (nSPS) is 19.1. The first kappa shape index (κ1) is 18.6. The fraction of sp³-hybridized carbons (Fsp3) is 0.632. The number of hydrogen-bond acceptors (Lipinski definition) is 3. The van der Waals surface area contributed by atoms with E-state index < -0.39 is 0 Å². The highest BCUT2D eigenvalue weighted by atomic mass is 16.5. The minimum atomic E-state index is 0.681. The van der Waals surface area contributed by atoms with E-state index in [4.69, 9.17) is 9.73 Å². The molecule has 0 aliphatic carbocycles. The summed E-state index contributed by atoms with van der Waals surface area (Å²) in [6, 6.07) is 8.24. The molecular weight excluding hydrogens is 300 g/mol. The van der Waals surface area contributed by atoms with Crippen LogP contribution in [0.4, 0.5) is 0 Å². The van der Waals surface area contributed by atoms with E-state index in [0.717, 1.165) is 44.3 Å². The van der Waals surface area contributed by atoms with E-state index in [-0.39, 0.29) is 0 Å². The fourth-order valence-corrected chi connectivity index (χ4v) is 3.10. The molecule has 5 heteroatoms. The highest BCUT2D eigenvalue weighted by Gasteiger charge is 2.16. The Bertz CT molecular complexity index is 501. The lowest BCUT2D eigenvalue weighted by molar-refractivity contribution is 0.214. The Labute approximate surface area is 146 Å². The molecule has 0 saturated carbocycles. The molecule has 0 bridgehead atoms. The van der Waals surface area contributed by atoms with Crippen LogP contribution in [0.1, 0.15) is 25.3 Å². The van der Waals surface area contributed by atoms with Gasteiger partial charge in [-0.1, -0.05) is 12.1 Å². The zero-order chi connectivity index (χ0) is 17.2. The molecule has 1 unspecified atom stereocenters. The van der Waals surface area contributed by atoms with Gasteiger partial charge < -0.3 is 20.3 Å². The van der Waals surface area contributed by atoms with Gasteiger partial charge >= 0.3 is 0 Å². The molecule has 1 fully saturated rings. The molecular formula is C19H32N4O. The highest BCUT2D eigenvalue weighted by molar-refractivity contribution is 5.79. The van der Waals surface area contributed by atoms with Gasteiger partial charge in [-0.15, -0.1) is 0 Å². The summed E-state index contributed by atoms with van der Waals surface area (Å²) < 4.78 is 5.19. The second-order valence-electron chi connectivity index (χ2n) is 6.51. The molecule has 1 saturated heterocycles. The summed E-state index contributed by atoms with van der Waals surface area (Å²) in [5.41, 5.74) is 1.30. The smallest absolute Gasteiger partial charge is 0.191 e. The van der Waals surface area contributed by atoms with E-state index in [1.807, 2.05) is 12.1 Å². The van der Waals surface area contributed by atoms with E-state index in [9.17, 15) is 0 Å². The van der Waals surface area contributed by atoms with E-state index >= 15 is 0 Å². The van der Waals surface area contributed by atoms with Gasteiger partial charge in [-0.2, -0.15) is 0 Å². The zero-order valence-corrected chi connectivity index (χ0v) is 15.3. The second kappa shape index (κ2) is 10.2. The first-order chi connectivity index (χ1) is 11.7. The number of rotatable bonds is 7. The monoisotopic (exact) mass is 332 g/mol. The maximum atomic E-state index is 5.19. The molecule has 1 heterocycles. The van der Waals surface area contributed by atoms with Crippen molar-refractivity contribution in [3.63, 3.8) is 0 Å². The maximum absolute atomic E-state index is 5.19. The van der Waals surface area contributed by atoms with Crippen molar-refractivity contribution in [1.82, 2.24) is 15.5 Å². The minimum Gasteiger partial charge on any atom is -0.497 e. The molecule has 2 rings (SSSR count). The van der Waals surface area contributed by atoms with Crippen molar-refractivity contribution in [2.24, 2.45) is 10.9 Å².